The Balaban J connectivity index is 2.91. The maximum Gasteiger partial charge on any atom is 0.338 e. The van der Waals surface area contributed by atoms with Gasteiger partial charge in [0.25, 0.3) is 0 Å². The number of carbonyl (C=O) groups is 2. The summed E-state index contributed by atoms with van der Waals surface area (Å²) in [6, 6.07) is 6.18. The average Bonchev–Trinajstić information content (AvgIpc) is 2.37. The van der Waals surface area contributed by atoms with Crippen LogP contribution in [-0.4, -0.2) is 35.2 Å². The number of aliphatic hydroxyl groups excluding tert-OH is 2. The van der Waals surface area contributed by atoms with Crippen LogP contribution >= 0.6 is 0 Å². The van der Waals surface area contributed by atoms with E-state index in [1.54, 1.807) is 19.1 Å². The lowest BCUT2D eigenvalue weighted by atomic mass is 9.99. The highest BCUT2D eigenvalue weighted by atomic mass is 16.5. The summed E-state index contributed by atoms with van der Waals surface area (Å²) in [5, 5.41) is 19.3. The van der Waals surface area contributed by atoms with Crippen molar-refractivity contribution in [1.29, 1.82) is 0 Å². The van der Waals surface area contributed by atoms with Gasteiger partial charge in [0.1, 0.15) is 12.4 Å². The highest BCUT2D eigenvalue weighted by Crippen LogP contribution is 2.20. The molecule has 0 spiro atoms. The number of ether oxygens (including phenoxy) is 1. The Hall–Kier alpha value is -1.72. The molecule has 0 radical (unpaired) electrons. The van der Waals surface area contributed by atoms with Gasteiger partial charge in [-0.2, -0.15) is 0 Å². The van der Waals surface area contributed by atoms with E-state index in [-0.39, 0.29) is 17.7 Å². The van der Waals surface area contributed by atoms with Crippen molar-refractivity contribution in [3.05, 3.63) is 35.4 Å². The minimum absolute atomic E-state index is 0.109. The van der Waals surface area contributed by atoms with Gasteiger partial charge in [-0.15, -0.1) is 0 Å². The molecule has 2 atom stereocenters. The summed E-state index contributed by atoms with van der Waals surface area (Å²) in [5.41, 5.74) is 0.423. The molecule has 0 bridgehead atoms. The van der Waals surface area contributed by atoms with Crippen molar-refractivity contribution in [1.82, 2.24) is 0 Å². The summed E-state index contributed by atoms with van der Waals surface area (Å²) in [4.78, 5) is 22.0. The first-order valence-electron chi connectivity index (χ1n) is 5.18. The molecule has 1 aromatic carbocycles. The fourth-order valence-electron chi connectivity index (χ4n) is 1.41. The maximum atomic E-state index is 11.2. The highest BCUT2D eigenvalue weighted by molar-refractivity contribution is 5.79. The minimum Gasteiger partial charge on any atom is -0.464 e. The van der Waals surface area contributed by atoms with Crippen LogP contribution in [0.5, 0.6) is 0 Å². The Morgan fingerprint density at radius 3 is 2.65 bits per heavy atom. The van der Waals surface area contributed by atoms with Crippen LogP contribution in [0.15, 0.2) is 24.3 Å². The lowest BCUT2D eigenvalue weighted by Gasteiger charge is -2.17. The zero-order valence-corrected chi connectivity index (χ0v) is 9.37. The van der Waals surface area contributed by atoms with Crippen LogP contribution in [0.25, 0.3) is 0 Å². The lowest BCUT2D eigenvalue weighted by Crippen LogP contribution is -2.30. The van der Waals surface area contributed by atoms with E-state index < -0.39 is 18.2 Å². The summed E-state index contributed by atoms with van der Waals surface area (Å²) in [6.07, 6.45) is -2.62. The van der Waals surface area contributed by atoms with E-state index in [4.69, 9.17) is 0 Å². The largest absolute Gasteiger partial charge is 0.464 e. The van der Waals surface area contributed by atoms with Crippen LogP contribution < -0.4 is 0 Å². The number of aldehydes is 1. The molecule has 1 aromatic rings. The number of esters is 1. The van der Waals surface area contributed by atoms with E-state index in [2.05, 4.69) is 4.74 Å². The predicted octanol–water partition coefficient (Wildman–Crippen LogP) is 0.457. The maximum absolute atomic E-state index is 11.2. The van der Waals surface area contributed by atoms with Crippen molar-refractivity contribution >= 4 is 12.3 Å². The molecule has 2 N–H and O–H groups in total. The van der Waals surface area contributed by atoms with E-state index in [9.17, 15) is 19.8 Å². The van der Waals surface area contributed by atoms with Crippen molar-refractivity contribution in [2.75, 3.05) is 6.61 Å². The van der Waals surface area contributed by atoms with Gasteiger partial charge >= 0.3 is 5.97 Å². The van der Waals surface area contributed by atoms with Gasteiger partial charge in [0.15, 0.2) is 6.10 Å². The number of aliphatic hydroxyl groups is 2. The van der Waals surface area contributed by atoms with Crippen molar-refractivity contribution in [2.45, 2.75) is 19.1 Å². The van der Waals surface area contributed by atoms with Gasteiger partial charge in [-0.05, 0) is 12.5 Å². The number of carbonyl (C=O) groups excluding carboxylic acids is 2. The van der Waals surface area contributed by atoms with E-state index >= 15 is 0 Å². The average molecular weight is 238 g/mol. The van der Waals surface area contributed by atoms with Gasteiger partial charge in [0.05, 0.1) is 6.61 Å². The van der Waals surface area contributed by atoms with Gasteiger partial charge in [0.2, 0.25) is 0 Å². The molecular formula is C12H14O5. The van der Waals surface area contributed by atoms with E-state index in [0.717, 1.165) is 0 Å². The van der Waals surface area contributed by atoms with Crippen LogP contribution in [-0.2, 0) is 9.53 Å². The topological polar surface area (TPSA) is 83.8 Å². The second-order valence-corrected chi connectivity index (χ2v) is 3.39. The molecule has 0 aliphatic rings. The third-order valence-corrected chi connectivity index (χ3v) is 2.27. The van der Waals surface area contributed by atoms with Crippen molar-refractivity contribution in [3.8, 4) is 0 Å². The molecular weight excluding hydrogens is 224 g/mol. The normalized spacial score (nSPS) is 13.8. The van der Waals surface area contributed by atoms with Gasteiger partial charge in [0, 0.05) is 5.56 Å². The molecule has 0 fully saturated rings. The first kappa shape index (κ1) is 13.3. The number of rotatable bonds is 5. The van der Waals surface area contributed by atoms with Crippen molar-refractivity contribution in [3.63, 3.8) is 0 Å². The van der Waals surface area contributed by atoms with Crippen LogP contribution in [0.1, 0.15) is 28.9 Å². The zero-order chi connectivity index (χ0) is 12.8. The Morgan fingerprint density at radius 1 is 1.41 bits per heavy atom. The number of benzene rings is 1. The van der Waals surface area contributed by atoms with E-state index in [1.807, 2.05) is 0 Å². The molecule has 0 aromatic heterocycles. The molecule has 0 saturated carbocycles. The van der Waals surface area contributed by atoms with Crippen LogP contribution in [0, 0.1) is 0 Å². The molecule has 17 heavy (non-hydrogen) atoms. The molecule has 0 amide bonds. The summed E-state index contributed by atoms with van der Waals surface area (Å²) >= 11 is 0. The molecule has 5 nitrogen and oxygen atoms in total. The zero-order valence-electron chi connectivity index (χ0n) is 9.37. The standard InChI is InChI=1S/C12H14O5/c1-2-17-12(16)11(15)10(14)9-6-4-3-5-8(9)7-13/h3-7,10-11,14-15H,2H2,1H3. The third-order valence-electron chi connectivity index (χ3n) is 2.27. The number of hydrogen-bond acceptors (Lipinski definition) is 5. The first-order valence-corrected chi connectivity index (χ1v) is 5.18. The lowest BCUT2D eigenvalue weighted by molar-refractivity contribution is -0.159. The molecule has 5 heteroatoms. The monoisotopic (exact) mass is 238 g/mol. The summed E-state index contributed by atoms with van der Waals surface area (Å²) in [5.74, 6) is -0.916. The Bertz CT molecular complexity index is 402. The summed E-state index contributed by atoms with van der Waals surface area (Å²) < 4.78 is 4.58. The van der Waals surface area contributed by atoms with Crippen LogP contribution in [0.2, 0.25) is 0 Å². The van der Waals surface area contributed by atoms with Crippen molar-refractivity contribution < 1.29 is 24.5 Å². The summed E-state index contributed by atoms with van der Waals surface area (Å²) in [7, 11) is 0. The Kier molecular flexibility index (Phi) is 4.81. The van der Waals surface area contributed by atoms with Crippen LogP contribution in [0.3, 0.4) is 0 Å². The molecule has 0 aliphatic carbocycles. The second-order valence-electron chi connectivity index (χ2n) is 3.39. The van der Waals surface area contributed by atoms with Gasteiger partial charge in [-0.25, -0.2) is 4.79 Å². The molecule has 1 rings (SSSR count). The number of hydrogen-bond donors (Lipinski definition) is 2. The quantitative estimate of drug-likeness (QED) is 0.575. The molecule has 0 saturated heterocycles. The van der Waals surface area contributed by atoms with Crippen molar-refractivity contribution in [2.24, 2.45) is 0 Å². The Labute approximate surface area is 98.6 Å². The fourth-order valence-corrected chi connectivity index (χ4v) is 1.41. The van der Waals surface area contributed by atoms with Gasteiger partial charge < -0.3 is 14.9 Å². The van der Waals surface area contributed by atoms with Gasteiger partial charge in [-0.3, -0.25) is 4.79 Å². The third kappa shape index (κ3) is 3.12. The van der Waals surface area contributed by atoms with Gasteiger partial charge in [-0.1, -0.05) is 24.3 Å². The molecule has 92 valence electrons. The molecule has 0 heterocycles. The minimum atomic E-state index is -1.70. The smallest absolute Gasteiger partial charge is 0.338 e. The van der Waals surface area contributed by atoms with E-state index in [0.29, 0.717) is 6.29 Å². The van der Waals surface area contributed by atoms with Crippen LogP contribution in [0.4, 0.5) is 0 Å². The molecule has 0 aliphatic heterocycles. The fraction of sp³-hybridized carbons (Fsp3) is 0.333. The first-order chi connectivity index (χ1) is 8.11. The summed E-state index contributed by atoms with van der Waals surface area (Å²) in [6.45, 7) is 1.70. The Morgan fingerprint density at radius 2 is 2.06 bits per heavy atom. The van der Waals surface area contributed by atoms with E-state index in [1.165, 1.54) is 12.1 Å². The highest BCUT2D eigenvalue weighted by Gasteiger charge is 2.28. The second kappa shape index (κ2) is 6.12. The predicted molar refractivity (Wildman–Crippen MR) is 59.4 cm³/mol. The molecule has 2 unspecified atom stereocenters. The SMILES string of the molecule is CCOC(=O)C(O)C(O)c1ccccc1C=O.